The van der Waals surface area contributed by atoms with Crippen LogP contribution in [0.15, 0.2) is 0 Å². The molecule has 1 radical (unpaired) electrons. The van der Waals surface area contributed by atoms with Gasteiger partial charge in [-0.25, -0.2) is 0 Å². The second-order valence-corrected chi connectivity index (χ2v) is 14.2. The molecule has 0 aromatic heterocycles. The summed E-state index contributed by atoms with van der Waals surface area (Å²) in [4.78, 5) is 0. The van der Waals surface area contributed by atoms with Gasteiger partial charge in [0.15, 0.2) is 0 Å². The maximum absolute atomic E-state index is 2.41. The van der Waals surface area contributed by atoms with Crippen molar-refractivity contribution >= 4 is 50.3 Å². The van der Waals surface area contributed by atoms with Crippen LogP contribution in [0.2, 0.25) is 0 Å². The topological polar surface area (TPSA) is 0 Å². The Hall–Kier alpha value is 2.23. The highest BCUT2D eigenvalue weighted by Crippen LogP contribution is 1.80. The fourth-order valence-electron chi connectivity index (χ4n) is 0. The Kier molecular flexibility index (Phi) is 29.0. The minimum Gasteiger partial charge on any atom is -0.276 e. The number of halogens is 2. The molecule has 0 nitrogen and oxygen atoms in total. The van der Waals surface area contributed by atoms with E-state index in [2.05, 4.69) is 37.7 Å². The lowest BCUT2D eigenvalue weighted by Gasteiger charge is -1.47. The Bertz CT molecular complexity index is 10.8. The lowest BCUT2D eigenvalue weighted by atomic mass is 10.6. The Morgan fingerprint density at radius 1 is 1.33 bits per heavy atom. The molecule has 0 fully saturated rings. The van der Waals surface area contributed by atoms with Gasteiger partial charge in [0.05, 0.1) is 0 Å². The van der Waals surface area contributed by atoms with E-state index < -0.39 is 0 Å². The molecule has 3 heteroatoms. The Morgan fingerprint density at radius 2 is 1.33 bits per heavy atom. The average molecular weight is 321 g/mol. The zero-order chi connectivity index (χ0) is 5.41. The molecule has 0 aliphatic carbocycles. The largest absolute Gasteiger partial charge is 0.552 e. The van der Waals surface area contributed by atoms with E-state index in [0.717, 1.165) is 0 Å². The van der Waals surface area contributed by atoms with Crippen molar-refractivity contribution in [3.63, 3.8) is 0 Å². The van der Waals surface area contributed by atoms with Gasteiger partial charge in [0.25, 0.3) is 0 Å². The lowest BCUT2D eigenvalue weighted by Crippen LogP contribution is -1.30. The van der Waals surface area contributed by atoms with Crippen molar-refractivity contribution in [1.29, 1.82) is 0 Å². The molecule has 0 unspecified atom stereocenters. The summed E-state index contributed by atoms with van der Waals surface area (Å²) in [6.07, 6.45) is 2.00. The molecule has 0 aromatic carbocycles. The first-order valence-corrected chi connectivity index (χ1v) is 11.9. The molecule has 0 N–H and O–H groups in total. The predicted molar refractivity (Wildman–Crippen MR) is 49.4 cm³/mol. The molecule has 0 atom stereocenters. The highest BCUT2D eigenvalue weighted by atomic mass is 127. The van der Waals surface area contributed by atoms with Crippen LogP contribution >= 0.6 is 37.7 Å². The zero-order valence-electron chi connectivity index (χ0n) is 4.04. The van der Waals surface area contributed by atoms with Crippen LogP contribution in [0.5, 0.6) is 0 Å². The van der Waals surface area contributed by atoms with Gasteiger partial charge in [-0.05, 0) is 6.42 Å². The van der Waals surface area contributed by atoms with Gasteiger partial charge in [-0.15, -0.1) is 0 Å². The summed E-state index contributed by atoms with van der Waals surface area (Å²) >= 11 is 5.18. The van der Waals surface area contributed by atoms with Gasteiger partial charge in [-0.3, -0.25) is 37.7 Å². The van der Waals surface area contributed by atoms with E-state index in [1.54, 1.807) is 0 Å². The van der Waals surface area contributed by atoms with Gasteiger partial charge in [0.2, 0.25) is 0 Å². The van der Waals surface area contributed by atoms with Gasteiger partial charge in [-0.2, -0.15) is 0 Å². The third kappa shape index (κ3) is 34.3. The molecule has 0 saturated carbocycles. The van der Waals surface area contributed by atoms with E-state index in [1.807, 2.05) is 20.3 Å². The summed E-state index contributed by atoms with van der Waals surface area (Å²) in [6, 6.07) is 0. The SMILES string of the molecule is C[CH]C.[I][Mg][I]. The van der Waals surface area contributed by atoms with Crippen LogP contribution in [-0.2, 0) is 0 Å². The maximum Gasteiger partial charge on any atom is 0.552 e. The fraction of sp³-hybridized carbons (Fsp3) is 0.667. The van der Waals surface area contributed by atoms with E-state index in [-0.39, 0.29) is 0 Å². The normalized spacial score (nSPS) is 4.67. The Morgan fingerprint density at radius 3 is 1.33 bits per heavy atom. The van der Waals surface area contributed by atoms with Crippen molar-refractivity contribution in [2.75, 3.05) is 0 Å². The van der Waals surface area contributed by atoms with Crippen LogP contribution in [0.25, 0.3) is 0 Å². The zero-order valence-corrected chi connectivity index (χ0v) is 9.77. The Balaban J connectivity index is 0. The molecular formula is C3H7I2Mg. The van der Waals surface area contributed by atoms with Crippen molar-refractivity contribution in [2.24, 2.45) is 0 Å². The third-order valence-corrected chi connectivity index (χ3v) is 0. The molecule has 0 aliphatic heterocycles. The quantitative estimate of drug-likeness (QED) is 0.475. The summed E-state index contributed by atoms with van der Waals surface area (Å²) in [7, 11) is 0. The van der Waals surface area contributed by atoms with Gasteiger partial charge >= 0.3 is 12.6 Å². The second kappa shape index (κ2) is 15.7. The van der Waals surface area contributed by atoms with Crippen molar-refractivity contribution in [2.45, 2.75) is 13.8 Å². The van der Waals surface area contributed by atoms with Gasteiger partial charge in [-0.1, -0.05) is 13.8 Å². The van der Waals surface area contributed by atoms with E-state index >= 15 is 0 Å². The van der Waals surface area contributed by atoms with Crippen LogP contribution < -0.4 is 0 Å². The Labute approximate surface area is 69.3 Å². The average Bonchev–Trinajstić information content (AvgIpc) is 1.39. The van der Waals surface area contributed by atoms with E-state index in [1.165, 1.54) is 0 Å². The van der Waals surface area contributed by atoms with Gasteiger partial charge in [0, 0.05) is 0 Å². The molecule has 0 rings (SSSR count). The summed E-state index contributed by atoms with van der Waals surface area (Å²) in [6.45, 7) is 4.00. The third-order valence-electron chi connectivity index (χ3n) is 0. The van der Waals surface area contributed by atoms with Gasteiger partial charge in [0.1, 0.15) is 0 Å². The maximum atomic E-state index is 2.41. The van der Waals surface area contributed by atoms with Crippen molar-refractivity contribution in [3.8, 4) is 0 Å². The van der Waals surface area contributed by atoms with E-state index in [4.69, 9.17) is 0 Å². The van der Waals surface area contributed by atoms with Crippen LogP contribution in [0.3, 0.4) is 0 Å². The molecule has 0 saturated heterocycles. The first-order valence-electron chi connectivity index (χ1n) is 1.69. The highest BCUT2D eigenvalue weighted by molar-refractivity contribution is 14.3. The summed E-state index contributed by atoms with van der Waals surface area (Å²) < 4.78 is 0. The number of rotatable bonds is 0. The fourth-order valence-corrected chi connectivity index (χ4v) is 0. The first-order chi connectivity index (χ1) is 2.83. The second-order valence-electron chi connectivity index (χ2n) is 0.678. The van der Waals surface area contributed by atoms with Crippen molar-refractivity contribution in [1.82, 2.24) is 0 Å². The molecule has 0 spiro atoms. The van der Waals surface area contributed by atoms with Crippen molar-refractivity contribution in [3.05, 3.63) is 6.42 Å². The lowest BCUT2D eigenvalue weighted by molar-refractivity contribution is 1.41. The van der Waals surface area contributed by atoms with E-state index in [0.29, 0.717) is 12.6 Å². The first kappa shape index (κ1) is 11.1. The van der Waals surface area contributed by atoms with Crippen LogP contribution in [-0.4, -0.2) is 12.6 Å². The molecule has 0 aromatic rings. The minimum atomic E-state index is 0.357. The van der Waals surface area contributed by atoms with Crippen LogP contribution in [0.4, 0.5) is 0 Å². The molecule has 0 amide bonds. The smallest absolute Gasteiger partial charge is 0.276 e. The minimum absolute atomic E-state index is 0.357. The monoisotopic (exact) mass is 321 g/mol. The van der Waals surface area contributed by atoms with Gasteiger partial charge < -0.3 is 0 Å². The molecule has 0 heterocycles. The van der Waals surface area contributed by atoms with Crippen molar-refractivity contribution < 1.29 is 0 Å². The standard InChI is InChI=1S/C3H7.2HI.Mg/c1-3-2;;;/h3H,1-2H3;2*1H;/q;;;+2/p-2. The number of hydrogen-bond donors (Lipinski definition) is 0. The van der Waals surface area contributed by atoms with Crippen LogP contribution in [0, 0.1) is 6.42 Å². The molecule has 35 valence electrons. The summed E-state index contributed by atoms with van der Waals surface area (Å²) in [5.41, 5.74) is 0. The molecule has 6 heavy (non-hydrogen) atoms. The summed E-state index contributed by atoms with van der Waals surface area (Å²) in [5.74, 6) is 0. The number of hydrogen-bond acceptors (Lipinski definition) is 0. The molecule has 0 bridgehead atoms. The molecular weight excluding hydrogens is 314 g/mol. The highest BCUT2D eigenvalue weighted by Gasteiger charge is 1.61. The molecule has 0 aliphatic rings. The van der Waals surface area contributed by atoms with E-state index in [9.17, 15) is 0 Å². The van der Waals surface area contributed by atoms with Crippen LogP contribution in [0.1, 0.15) is 13.8 Å². The summed E-state index contributed by atoms with van der Waals surface area (Å²) in [5, 5.41) is 0. The predicted octanol–water partition coefficient (Wildman–Crippen LogP) is 2.62.